The Balaban J connectivity index is 2.03. The van der Waals surface area contributed by atoms with E-state index in [1.807, 2.05) is 50.2 Å². The van der Waals surface area contributed by atoms with Crippen molar-refractivity contribution in [2.24, 2.45) is 5.41 Å². The van der Waals surface area contributed by atoms with Crippen LogP contribution in [-0.4, -0.2) is 17.4 Å². The molecule has 0 aliphatic rings. The molecule has 0 radical (unpaired) electrons. The molecule has 24 heavy (non-hydrogen) atoms. The summed E-state index contributed by atoms with van der Waals surface area (Å²) in [6, 6.07) is 13.5. The van der Waals surface area contributed by atoms with Crippen molar-refractivity contribution in [1.82, 2.24) is 5.32 Å². The van der Waals surface area contributed by atoms with E-state index in [0.29, 0.717) is 5.69 Å². The van der Waals surface area contributed by atoms with Gasteiger partial charge < -0.3 is 10.6 Å². The quantitative estimate of drug-likeness (QED) is 0.834. The Morgan fingerprint density at radius 1 is 0.875 bits per heavy atom. The second-order valence-electron chi connectivity index (χ2n) is 8.09. The van der Waals surface area contributed by atoms with Crippen molar-refractivity contribution >= 4 is 28.3 Å². The van der Waals surface area contributed by atoms with Crippen LogP contribution in [-0.2, 0) is 9.59 Å². The molecule has 0 unspecified atom stereocenters. The Morgan fingerprint density at radius 3 is 2.12 bits per heavy atom. The Bertz CT molecular complexity index is 758. The minimum Gasteiger partial charge on any atom is -0.343 e. The molecule has 2 rings (SSSR count). The average molecular weight is 326 g/mol. The van der Waals surface area contributed by atoms with Gasteiger partial charge in [0.05, 0.1) is 0 Å². The third-order valence-corrected chi connectivity index (χ3v) is 3.64. The summed E-state index contributed by atoms with van der Waals surface area (Å²) in [5.74, 6) is -1.26. The largest absolute Gasteiger partial charge is 0.343 e. The number of hydrogen-bond donors (Lipinski definition) is 2. The van der Waals surface area contributed by atoms with E-state index < -0.39 is 17.4 Å². The van der Waals surface area contributed by atoms with E-state index in [0.717, 1.165) is 17.2 Å². The summed E-state index contributed by atoms with van der Waals surface area (Å²) in [6.07, 6.45) is 0.773. The maximum Gasteiger partial charge on any atom is 0.313 e. The van der Waals surface area contributed by atoms with Crippen molar-refractivity contribution < 1.29 is 9.59 Å². The molecule has 2 N–H and O–H groups in total. The zero-order chi connectivity index (χ0) is 18.0. The van der Waals surface area contributed by atoms with Gasteiger partial charge in [-0.1, -0.05) is 51.1 Å². The van der Waals surface area contributed by atoms with Gasteiger partial charge in [0.1, 0.15) is 0 Å². The van der Waals surface area contributed by atoms with Gasteiger partial charge in [0.25, 0.3) is 0 Å². The van der Waals surface area contributed by atoms with Crippen molar-refractivity contribution in [2.45, 2.75) is 46.6 Å². The lowest BCUT2D eigenvalue weighted by Gasteiger charge is -2.33. The minimum atomic E-state index is -0.646. The molecule has 2 amide bonds. The van der Waals surface area contributed by atoms with Crippen LogP contribution in [0.25, 0.3) is 10.8 Å². The number of amides is 2. The number of carbonyl (C=O) groups is 2. The third kappa shape index (κ3) is 5.08. The van der Waals surface area contributed by atoms with Gasteiger partial charge in [-0.2, -0.15) is 0 Å². The Morgan fingerprint density at radius 2 is 1.50 bits per heavy atom. The molecule has 0 atom stereocenters. The highest BCUT2D eigenvalue weighted by Gasteiger charge is 2.29. The van der Waals surface area contributed by atoms with Crippen LogP contribution in [0.4, 0.5) is 5.69 Å². The van der Waals surface area contributed by atoms with Crippen molar-refractivity contribution in [3.05, 3.63) is 42.5 Å². The van der Waals surface area contributed by atoms with E-state index >= 15 is 0 Å². The molecule has 0 aliphatic heterocycles. The van der Waals surface area contributed by atoms with Gasteiger partial charge in [-0.15, -0.1) is 0 Å². The molecule has 0 aromatic heterocycles. The lowest BCUT2D eigenvalue weighted by Crippen LogP contribution is -2.49. The minimum absolute atomic E-state index is 0.0611. The molecule has 0 aliphatic carbocycles. The molecule has 0 heterocycles. The zero-order valence-corrected chi connectivity index (χ0v) is 15.1. The first-order chi connectivity index (χ1) is 11.1. The molecular formula is C20H26N2O2. The molecular weight excluding hydrogens is 300 g/mol. The normalized spacial score (nSPS) is 12.0. The molecule has 0 saturated heterocycles. The van der Waals surface area contributed by atoms with E-state index in [1.165, 1.54) is 0 Å². The van der Waals surface area contributed by atoms with Gasteiger partial charge in [0.2, 0.25) is 0 Å². The maximum absolute atomic E-state index is 12.2. The molecule has 0 fully saturated rings. The van der Waals surface area contributed by atoms with Crippen LogP contribution < -0.4 is 10.6 Å². The predicted molar refractivity (Wildman–Crippen MR) is 98.9 cm³/mol. The SMILES string of the molecule is CC(C)(C)CC(C)(C)NC(=O)C(=O)Nc1ccc2ccccc2c1. The van der Waals surface area contributed by atoms with Crippen LogP contribution in [0.5, 0.6) is 0 Å². The van der Waals surface area contributed by atoms with E-state index in [1.54, 1.807) is 6.07 Å². The van der Waals surface area contributed by atoms with Crippen LogP contribution >= 0.6 is 0 Å². The van der Waals surface area contributed by atoms with Crippen LogP contribution in [0, 0.1) is 5.41 Å². The lowest BCUT2D eigenvalue weighted by atomic mass is 9.82. The lowest BCUT2D eigenvalue weighted by molar-refractivity contribution is -0.137. The maximum atomic E-state index is 12.2. The molecule has 0 spiro atoms. The summed E-state index contributed by atoms with van der Waals surface area (Å²) < 4.78 is 0. The Hall–Kier alpha value is -2.36. The fourth-order valence-electron chi connectivity index (χ4n) is 3.19. The van der Waals surface area contributed by atoms with Crippen LogP contribution in [0.15, 0.2) is 42.5 Å². The molecule has 0 bridgehead atoms. The Kier molecular flexibility index (Phi) is 4.97. The number of benzene rings is 2. The highest BCUT2D eigenvalue weighted by molar-refractivity contribution is 6.39. The standard InChI is InChI=1S/C20H26N2O2/c1-19(2,3)13-20(4,5)22-18(24)17(23)21-16-11-10-14-8-6-7-9-15(14)12-16/h6-12H,13H2,1-5H3,(H,21,23)(H,22,24). The first-order valence-corrected chi connectivity index (χ1v) is 8.18. The van der Waals surface area contributed by atoms with Crippen molar-refractivity contribution in [1.29, 1.82) is 0 Å². The van der Waals surface area contributed by atoms with Crippen molar-refractivity contribution in [2.75, 3.05) is 5.32 Å². The number of rotatable bonds is 3. The van der Waals surface area contributed by atoms with Crippen LogP contribution in [0.1, 0.15) is 41.0 Å². The second kappa shape index (κ2) is 6.63. The van der Waals surface area contributed by atoms with Gasteiger partial charge in [-0.25, -0.2) is 0 Å². The number of nitrogens with one attached hydrogen (secondary N) is 2. The molecule has 0 saturated carbocycles. The summed E-state index contributed by atoms with van der Waals surface area (Å²) in [6.45, 7) is 10.2. The summed E-state index contributed by atoms with van der Waals surface area (Å²) in [4.78, 5) is 24.4. The monoisotopic (exact) mass is 326 g/mol. The van der Waals surface area contributed by atoms with E-state index in [4.69, 9.17) is 0 Å². The molecule has 128 valence electrons. The van der Waals surface area contributed by atoms with Gasteiger partial charge in [0, 0.05) is 11.2 Å². The van der Waals surface area contributed by atoms with Crippen molar-refractivity contribution in [3.63, 3.8) is 0 Å². The van der Waals surface area contributed by atoms with E-state index in [9.17, 15) is 9.59 Å². The highest BCUT2D eigenvalue weighted by atomic mass is 16.2. The topological polar surface area (TPSA) is 58.2 Å². The summed E-state index contributed by atoms with van der Waals surface area (Å²) in [7, 11) is 0. The fourth-order valence-corrected chi connectivity index (χ4v) is 3.19. The average Bonchev–Trinajstić information content (AvgIpc) is 2.43. The van der Waals surface area contributed by atoms with Crippen LogP contribution in [0.3, 0.4) is 0 Å². The smallest absolute Gasteiger partial charge is 0.313 e. The molecule has 2 aromatic carbocycles. The van der Waals surface area contributed by atoms with Crippen LogP contribution in [0.2, 0.25) is 0 Å². The highest BCUT2D eigenvalue weighted by Crippen LogP contribution is 2.26. The Labute approximate surface area is 143 Å². The number of carbonyl (C=O) groups excluding carboxylic acids is 2. The second-order valence-corrected chi connectivity index (χ2v) is 8.09. The first kappa shape index (κ1) is 18.0. The first-order valence-electron chi connectivity index (χ1n) is 8.18. The molecule has 4 heteroatoms. The zero-order valence-electron chi connectivity index (χ0n) is 15.1. The molecule has 4 nitrogen and oxygen atoms in total. The van der Waals surface area contributed by atoms with E-state index in [2.05, 4.69) is 31.4 Å². The van der Waals surface area contributed by atoms with Gasteiger partial charge >= 0.3 is 11.8 Å². The summed E-state index contributed by atoms with van der Waals surface area (Å²) >= 11 is 0. The van der Waals surface area contributed by atoms with Gasteiger partial charge in [-0.05, 0) is 48.6 Å². The molecule has 2 aromatic rings. The van der Waals surface area contributed by atoms with E-state index in [-0.39, 0.29) is 5.41 Å². The summed E-state index contributed by atoms with van der Waals surface area (Å²) in [5.41, 5.74) is 0.226. The van der Waals surface area contributed by atoms with Gasteiger partial charge in [0.15, 0.2) is 0 Å². The third-order valence-electron chi connectivity index (χ3n) is 3.64. The number of hydrogen-bond acceptors (Lipinski definition) is 2. The number of anilines is 1. The predicted octanol–water partition coefficient (Wildman–Crippen LogP) is 4.11. The number of fused-ring (bicyclic) bond motifs is 1. The summed E-state index contributed by atoms with van der Waals surface area (Å²) in [5, 5.41) is 7.59. The van der Waals surface area contributed by atoms with Gasteiger partial charge in [-0.3, -0.25) is 9.59 Å². The fraction of sp³-hybridized carbons (Fsp3) is 0.400. The van der Waals surface area contributed by atoms with Crippen molar-refractivity contribution in [3.8, 4) is 0 Å².